The largest absolute Gasteiger partial charge is 0.478 e. The van der Waals surface area contributed by atoms with Gasteiger partial charge in [0.15, 0.2) is 23.1 Å². The molecule has 0 radical (unpaired) electrons. The van der Waals surface area contributed by atoms with Gasteiger partial charge in [0, 0.05) is 18.5 Å². The van der Waals surface area contributed by atoms with Gasteiger partial charge in [-0.05, 0) is 81.8 Å². The summed E-state index contributed by atoms with van der Waals surface area (Å²) in [6.07, 6.45) is 6.06. The third-order valence-electron chi connectivity index (χ3n) is 8.40. The van der Waals surface area contributed by atoms with Crippen LogP contribution in [-0.2, 0) is 0 Å². The lowest BCUT2D eigenvalue weighted by molar-refractivity contribution is 0.0697. The number of aromatic carboxylic acids is 1. The van der Waals surface area contributed by atoms with Crippen LogP contribution < -0.4 is 26.1 Å². The quantitative estimate of drug-likeness (QED) is 0.132. The summed E-state index contributed by atoms with van der Waals surface area (Å²) in [6.45, 7) is 16.6. The van der Waals surface area contributed by atoms with E-state index >= 15 is 0 Å². The molecule has 270 valence electrons. The van der Waals surface area contributed by atoms with E-state index in [0.717, 1.165) is 6.42 Å². The van der Waals surface area contributed by atoms with E-state index in [2.05, 4.69) is 134 Å². The molecule has 5 aromatic rings. The fraction of sp³-hybridized carbons (Fsp3) is 0.190. The number of aromatic nitrogens is 2. The van der Waals surface area contributed by atoms with Gasteiger partial charge in [-0.1, -0.05) is 88.0 Å². The molecule has 1 heterocycles. The van der Waals surface area contributed by atoms with Crippen molar-refractivity contribution in [2.45, 2.75) is 53.1 Å². The number of allylic oxidation sites excluding steroid dienone is 1. The summed E-state index contributed by atoms with van der Waals surface area (Å²) in [5, 5.41) is 23.4. The standard InChI is InChI=1S/C23H26P.C17H14F2N4O3.C2H6/c1-4-23(2,3)24(20-14-8-5-9-15-20,21-16-10-6-11-17-21)22-18-12-7-13-19-22;1-3-7-23(4-2)15-6-5-13(21-22-15)16(24)20-14-9-12(19)11(18)8-10(14)17(25)26;1-2/h5-19H,4H2,1-3H3;3-9H,2H2,1H3,(H,20,24)(H,25,26);1-2H3/q+1;;/b;7-3-;. The number of hydrogen-bond donors (Lipinski definition) is 2. The Morgan fingerprint density at radius 1 is 0.827 bits per heavy atom. The number of halogens is 2. The summed E-state index contributed by atoms with van der Waals surface area (Å²) in [4.78, 5) is 24.9. The van der Waals surface area contributed by atoms with Gasteiger partial charge in [-0.15, -0.1) is 10.2 Å². The molecule has 0 atom stereocenters. The Morgan fingerprint density at radius 3 is 1.69 bits per heavy atom. The lowest BCUT2D eigenvalue weighted by atomic mass is 10.1. The lowest BCUT2D eigenvalue weighted by Gasteiger charge is -2.40. The first-order valence-electron chi connectivity index (χ1n) is 17.0. The minimum Gasteiger partial charge on any atom is -0.478 e. The number of hydrogen-bond acceptors (Lipinski definition) is 5. The Bertz CT molecular complexity index is 1840. The molecule has 2 N–H and O–H groups in total. The smallest absolute Gasteiger partial charge is 0.337 e. The molecule has 7 nitrogen and oxygen atoms in total. The molecule has 1 aromatic heterocycles. The van der Waals surface area contributed by atoms with Gasteiger partial charge in [-0.2, -0.15) is 0 Å². The van der Waals surface area contributed by atoms with Crippen molar-refractivity contribution in [3.8, 4) is 0 Å². The van der Waals surface area contributed by atoms with E-state index < -0.39 is 42.0 Å². The fourth-order valence-corrected chi connectivity index (χ4v) is 11.0. The molecule has 4 aromatic carbocycles. The Labute approximate surface area is 306 Å². The summed E-state index contributed by atoms with van der Waals surface area (Å²) in [5.74, 6) is -4.58. The number of carbonyl (C=O) groups excluding carboxylic acids is 1. The Kier molecular flexibility index (Phi) is 15.1. The predicted octanol–water partition coefficient (Wildman–Crippen LogP) is 9.38. The molecule has 5 rings (SSSR count). The highest BCUT2D eigenvalue weighted by molar-refractivity contribution is 7.96. The van der Waals surface area contributed by atoms with Crippen LogP contribution in [0.2, 0.25) is 0 Å². The Balaban J connectivity index is 0.000000268. The maximum absolute atomic E-state index is 13.4. The van der Waals surface area contributed by atoms with Crippen LogP contribution in [0, 0.1) is 11.6 Å². The molecule has 0 aliphatic heterocycles. The molecule has 1 amide bonds. The molecule has 52 heavy (non-hydrogen) atoms. The van der Waals surface area contributed by atoms with Gasteiger partial charge in [-0.25, -0.2) is 13.6 Å². The highest BCUT2D eigenvalue weighted by Crippen LogP contribution is 2.66. The number of rotatable bonds is 11. The molecule has 0 fully saturated rings. The number of amides is 1. The molecule has 0 unspecified atom stereocenters. The number of carboxylic acids is 1. The van der Waals surface area contributed by atoms with Crippen LogP contribution in [0.15, 0.2) is 140 Å². The van der Waals surface area contributed by atoms with Crippen molar-refractivity contribution in [1.82, 2.24) is 10.2 Å². The minimum absolute atomic E-state index is 0.140. The summed E-state index contributed by atoms with van der Waals surface area (Å²) in [6, 6.07) is 37.3. The minimum atomic E-state index is -1.76. The zero-order valence-electron chi connectivity index (χ0n) is 30.4. The molecule has 0 bridgehead atoms. The molecule has 10 heteroatoms. The summed E-state index contributed by atoms with van der Waals surface area (Å²) < 4.78 is 26.6. The average molecular weight is 724 g/mol. The van der Waals surface area contributed by atoms with Crippen LogP contribution >= 0.6 is 7.26 Å². The van der Waals surface area contributed by atoms with Crippen LogP contribution in [-0.4, -0.2) is 32.3 Å². The Morgan fingerprint density at radius 2 is 1.31 bits per heavy atom. The number of carbonyl (C=O) groups is 2. The molecule has 0 saturated heterocycles. The average Bonchev–Trinajstić information content (AvgIpc) is 3.17. The lowest BCUT2D eigenvalue weighted by Crippen LogP contribution is -2.43. The summed E-state index contributed by atoms with van der Waals surface area (Å²) >= 11 is 0. The molecular formula is C42H46F2N4O3P+. The van der Waals surface area contributed by atoms with Gasteiger partial charge in [0.25, 0.3) is 5.91 Å². The van der Waals surface area contributed by atoms with Gasteiger partial charge in [0.2, 0.25) is 0 Å². The van der Waals surface area contributed by atoms with E-state index in [1.165, 1.54) is 34.2 Å². The zero-order chi connectivity index (χ0) is 38.3. The highest BCUT2D eigenvalue weighted by atomic mass is 31.2. The van der Waals surface area contributed by atoms with Crippen molar-refractivity contribution in [3.05, 3.63) is 163 Å². The third-order valence-corrected chi connectivity index (χ3v) is 13.7. The van der Waals surface area contributed by atoms with Crippen molar-refractivity contribution in [2.75, 3.05) is 10.2 Å². The van der Waals surface area contributed by atoms with Gasteiger partial charge < -0.3 is 15.3 Å². The third kappa shape index (κ3) is 9.22. The first-order chi connectivity index (χ1) is 25.0. The van der Waals surface area contributed by atoms with Crippen LogP contribution in [0.1, 0.15) is 68.8 Å². The topological polar surface area (TPSA) is 95.4 Å². The molecule has 0 spiro atoms. The number of carboxylic acid groups (broad SMARTS) is 1. The molecule has 0 aliphatic rings. The van der Waals surface area contributed by atoms with Crippen LogP contribution in [0.25, 0.3) is 0 Å². The predicted molar refractivity (Wildman–Crippen MR) is 212 cm³/mol. The SMILES string of the molecule is C=CN(/C=C\C)c1ccc(C(=O)Nc2cc(F)c(F)cc2C(=O)O)nn1.CC.CCC(C)(C)[P+](c1ccccc1)(c1ccccc1)c1ccccc1. The first-order valence-corrected chi connectivity index (χ1v) is 18.8. The number of benzene rings is 4. The van der Waals surface area contributed by atoms with Crippen LogP contribution in [0.5, 0.6) is 0 Å². The molecule has 0 saturated carbocycles. The van der Waals surface area contributed by atoms with Crippen molar-refractivity contribution >= 4 is 46.6 Å². The monoisotopic (exact) mass is 723 g/mol. The summed E-state index contributed by atoms with van der Waals surface area (Å²) in [5.41, 5.74) is -1.12. The van der Waals surface area contributed by atoms with E-state index in [1.54, 1.807) is 24.1 Å². The number of anilines is 2. The maximum Gasteiger partial charge on any atom is 0.337 e. The highest BCUT2D eigenvalue weighted by Gasteiger charge is 2.56. The van der Waals surface area contributed by atoms with Gasteiger partial charge >= 0.3 is 5.97 Å². The van der Waals surface area contributed by atoms with E-state index in [9.17, 15) is 18.4 Å². The van der Waals surface area contributed by atoms with Crippen LogP contribution in [0.3, 0.4) is 0 Å². The van der Waals surface area contributed by atoms with Gasteiger partial charge in [0.1, 0.15) is 23.2 Å². The second-order valence-corrected chi connectivity index (χ2v) is 15.9. The van der Waals surface area contributed by atoms with Gasteiger partial charge in [0.05, 0.1) is 16.4 Å². The van der Waals surface area contributed by atoms with E-state index in [-0.39, 0.29) is 10.9 Å². The number of nitrogens with one attached hydrogen (secondary N) is 1. The normalized spacial score (nSPS) is 11.0. The van der Waals surface area contributed by atoms with Crippen LogP contribution in [0.4, 0.5) is 20.3 Å². The zero-order valence-corrected chi connectivity index (χ0v) is 31.3. The molecular weight excluding hydrogens is 677 g/mol. The van der Waals surface area contributed by atoms with E-state index in [0.29, 0.717) is 18.0 Å². The van der Waals surface area contributed by atoms with Crippen molar-refractivity contribution in [3.63, 3.8) is 0 Å². The second-order valence-electron chi connectivity index (χ2n) is 11.8. The van der Waals surface area contributed by atoms with E-state index in [4.69, 9.17) is 5.11 Å². The first kappa shape index (κ1) is 40.9. The van der Waals surface area contributed by atoms with Gasteiger partial charge in [-0.3, -0.25) is 4.79 Å². The second kappa shape index (κ2) is 19.2. The van der Waals surface area contributed by atoms with Crippen molar-refractivity contribution < 1.29 is 23.5 Å². The van der Waals surface area contributed by atoms with Crippen molar-refractivity contribution in [1.29, 1.82) is 0 Å². The maximum atomic E-state index is 13.4. The number of nitrogens with zero attached hydrogens (tertiary/aromatic N) is 3. The fourth-order valence-electron chi connectivity index (χ4n) is 5.68. The Hall–Kier alpha value is -5.53. The molecule has 0 aliphatic carbocycles. The van der Waals surface area contributed by atoms with Crippen molar-refractivity contribution in [2.24, 2.45) is 0 Å². The summed E-state index contributed by atoms with van der Waals surface area (Å²) in [7, 11) is -1.76. The van der Waals surface area contributed by atoms with E-state index in [1.807, 2.05) is 13.8 Å².